The molecule has 0 fully saturated rings. The maximum absolute atomic E-state index is 5.31. The van der Waals surface area contributed by atoms with Gasteiger partial charge in [-0.25, -0.2) is 15.0 Å². The van der Waals surface area contributed by atoms with Gasteiger partial charge in [0, 0.05) is 33.4 Å². The molecule has 57 heavy (non-hydrogen) atoms. The fourth-order valence-corrected chi connectivity index (χ4v) is 8.27. The van der Waals surface area contributed by atoms with Crippen LogP contribution in [-0.2, 0) is 0 Å². The first-order valence-electron chi connectivity index (χ1n) is 19.3. The molecule has 4 heteroatoms. The zero-order valence-electron chi connectivity index (χ0n) is 30.9. The van der Waals surface area contributed by atoms with E-state index in [1.54, 1.807) is 0 Å². The molecule has 10 aromatic rings. The molecular formula is C53H34N4. The molecule has 0 bridgehead atoms. The predicted molar refractivity (Wildman–Crippen MR) is 234 cm³/mol. The molecule has 4 nitrogen and oxygen atoms in total. The van der Waals surface area contributed by atoms with E-state index in [4.69, 9.17) is 15.0 Å². The van der Waals surface area contributed by atoms with E-state index in [2.05, 4.69) is 174 Å². The van der Waals surface area contributed by atoms with Crippen molar-refractivity contribution in [3.63, 3.8) is 0 Å². The van der Waals surface area contributed by atoms with E-state index in [1.165, 1.54) is 22.3 Å². The normalized spacial score (nSPS) is 11.5. The van der Waals surface area contributed by atoms with Crippen molar-refractivity contribution < 1.29 is 0 Å². The molecule has 266 valence electrons. The van der Waals surface area contributed by atoms with Crippen molar-refractivity contribution >= 4 is 11.0 Å². The molecule has 0 amide bonds. The van der Waals surface area contributed by atoms with Crippen LogP contribution in [0.15, 0.2) is 206 Å². The Hall–Kier alpha value is -7.69. The first-order chi connectivity index (χ1) is 28.2. The molecule has 0 aliphatic carbocycles. The first-order valence-corrected chi connectivity index (χ1v) is 19.3. The second-order valence-corrected chi connectivity index (χ2v) is 14.4. The fraction of sp³-hybridized carbons (Fsp3) is 0. The third kappa shape index (κ3) is 5.74. The third-order valence-corrected chi connectivity index (χ3v) is 11.0. The highest BCUT2D eigenvalue weighted by atomic mass is 15.1. The van der Waals surface area contributed by atoms with Crippen LogP contribution in [0.5, 0.6) is 0 Å². The lowest BCUT2D eigenvalue weighted by molar-refractivity contribution is 1.11. The minimum atomic E-state index is 0.695. The molecule has 0 atom stereocenters. The smallest absolute Gasteiger partial charge is 0.160 e. The number of hydrogen-bond donors (Lipinski definition) is 0. The Morgan fingerprint density at radius 2 is 0.737 bits per heavy atom. The number of hydrogen-bond acceptors (Lipinski definition) is 3. The standard InChI is InChI=1S/C53H34N4/c1-3-15-35(16-4-1)48-34-49(36-17-5-2-6-18-36)55-52(54-48)41-23-12-21-39(32-41)37-19-11-20-38(31-37)40-22-13-24-42(33-40)53-56-47-29-14-28-46-44-26-8-7-25-43(44)45-27-9-10-30-50(45)57(53)51(46)47/h1-34H. The first kappa shape index (κ1) is 32.7. The Balaban J connectivity index is 0.992. The molecule has 11 rings (SSSR count). The summed E-state index contributed by atoms with van der Waals surface area (Å²) in [4.78, 5) is 15.5. The van der Waals surface area contributed by atoms with Crippen LogP contribution >= 0.6 is 0 Å². The van der Waals surface area contributed by atoms with Gasteiger partial charge >= 0.3 is 0 Å². The summed E-state index contributed by atoms with van der Waals surface area (Å²) in [6.45, 7) is 0. The summed E-state index contributed by atoms with van der Waals surface area (Å²) in [5, 5.41) is 0. The minimum Gasteiger partial charge on any atom is -0.291 e. The number of aromatic nitrogens is 4. The molecule has 1 aliphatic heterocycles. The van der Waals surface area contributed by atoms with Crippen molar-refractivity contribution in [3.05, 3.63) is 206 Å². The van der Waals surface area contributed by atoms with Crippen LogP contribution in [0.2, 0.25) is 0 Å². The lowest BCUT2D eigenvalue weighted by Gasteiger charge is -2.14. The van der Waals surface area contributed by atoms with Crippen molar-refractivity contribution in [2.75, 3.05) is 0 Å². The quantitative estimate of drug-likeness (QED) is 0.171. The molecular weight excluding hydrogens is 693 g/mol. The van der Waals surface area contributed by atoms with Crippen LogP contribution in [-0.4, -0.2) is 19.5 Å². The van der Waals surface area contributed by atoms with Crippen molar-refractivity contribution in [1.82, 2.24) is 19.5 Å². The number of nitrogens with zero attached hydrogens (tertiary/aromatic N) is 4. The Labute approximate surface area is 331 Å². The average molecular weight is 727 g/mol. The van der Waals surface area contributed by atoms with Crippen LogP contribution in [0.1, 0.15) is 0 Å². The van der Waals surface area contributed by atoms with Crippen molar-refractivity contribution in [3.8, 4) is 95.5 Å². The van der Waals surface area contributed by atoms with E-state index in [-0.39, 0.29) is 0 Å². The van der Waals surface area contributed by atoms with E-state index in [9.17, 15) is 0 Å². The van der Waals surface area contributed by atoms with Gasteiger partial charge in [0.2, 0.25) is 0 Å². The minimum absolute atomic E-state index is 0.695. The summed E-state index contributed by atoms with van der Waals surface area (Å²) in [7, 11) is 0. The molecule has 3 heterocycles. The van der Waals surface area contributed by atoms with Gasteiger partial charge in [0.05, 0.1) is 28.1 Å². The molecule has 0 radical (unpaired) electrons. The van der Waals surface area contributed by atoms with Gasteiger partial charge in [0.25, 0.3) is 0 Å². The Morgan fingerprint density at radius 1 is 0.298 bits per heavy atom. The topological polar surface area (TPSA) is 43.6 Å². The Morgan fingerprint density at radius 3 is 1.37 bits per heavy atom. The molecule has 0 N–H and O–H groups in total. The maximum atomic E-state index is 5.31. The van der Waals surface area contributed by atoms with Gasteiger partial charge in [-0.05, 0) is 69.8 Å². The van der Waals surface area contributed by atoms with Gasteiger partial charge in [0.1, 0.15) is 5.82 Å². The van der Waals surface area contributed by atoms with Gasteiger partial charge < -0.3 is 0 Å². The molecule has 8 aromatic carbocycles. The fourth-order valence-electron chi connectivity index (χ4n) is 8.27. The molecule has 0 unspecified atom stereocenters. The SMILES string of the molecule is c1ccc(-c2cc(-c3ccccc3)nc(-c3cccc(-c4cccc(-c5cccc(-c6nc7cccc8c7n6-c6ccccc6-c6ccccc6-8)c5)c4)c3)n2)cc1. The zero-order chi connectivity index (χ0) is 37.7. The predicted octanol–water partition coefficient (Wildman–Crippen LogP) is 13.5. The molecule has 0 saturated heterocycles. The largest absolute Gasteiger partial charge is 0.291 e. The van der Waals surface area contributed by atoms with E-state index in [0.717, 1.165) is 78.4 Å². The maximum Gasteiger partial charge on any atom is 0.160 e. The van der Waals surface area contributed by atoms with Crippen molar-refractivity contribution in [2.24, 2.45) is 0 Å². The summed E-state index contributed by atoms with van der Waals surface area (Å²) >= 11 is 0. The van der Waals surface area contributed by atoms with E-state index >= 15 is 0 Å². The van der Waals surface area contributed by atoms with Crippen molar-refractivity contribution in [2.45, 2.75) is 0 Å². The Bertz CT molecular complexity index is 3070. The van der Waals surface area contributed by atoms with Crippen LogP contribution in [0, 0.1) is 0 Å². The van der Waals surface area contributed by atoms with Gasteiger partial charge in [-0.1, -0.05) is 170 Å². The lowest BCUT2D eigenvalue weighted by atomic mass is 9.94. The van der Waals surface area contributed by atoms with Crippen molar-refractivity contribution in [1.29, 1.82) is 0 Å². The number of fused-ring (bicyclic) bond motifs is 5. The number of para-hydroxylation sites is 2. The summed E-state index contributed by atoms with van der Waals surface area (Å²) in [6, 6.07) is 72.7. The van der Waals surface area contributed by atoms with Crippen LogP contribution in [0.25, 0.3) is 107 Å². The van der Waals surface area contributed by atoms with E-state index < -0.39 is 0 Å². The molecule has 0 spiro atoms. The van der Waals surface area contributed by atoms with Crippen LogP contribution < -0.4 is 0 Å². The second-order valence-electron chi connectivity index (χ2n) is 14.4. The van der Waals surface area contributed by atoms with Gasteiger partial charge in [-0.15, -0.1) is 0 Å². The summed E-state index contributed by atoms with van der Waals surface area (Å²) in [6.07, 6.45) is 0. The molecule has 0 saturated carbocycles. The monoisotopic (exact) mass is 726 g/mol. The van der Waals surface area contributed by atoms with Gasteiger partial charge in [-0.3, -0.25) is 4.57 Å². The van der Waals surface area contributed by atoms with Crippen LogP contribution in [0.3, 0.4) is 0 Å². The summed E-state index contributed by atoms with van der Waals surface area (Å²) < 4.78 is 2.36. The highest BCUT2D eigenvalue weighted by Gasteiger charge is 2.25. The lowest BCUT2D eigenvalue weighted by Crippen LogP contribution is -1.99. The summed E-state index contributed by atoms with van der Waals surface area (Å²) in [5.41, 5.74) is 18.5. The second kappa shape index (κ2) is 13.6. The highest BCUT2D eigenvalue weighted by Crippen LogP contribution is 2.45. The molecule has 1 aliphatic rings. The Kier molecular flexibility index (Phi) is 7.78. The highest BCUT2D eigenvalue weighted by molar-refractivity contribution is 6.03. The molecule has 2 aromatic heterocycles. The third-order valence-electron chi connectivity index (χ3n) is 11.0. The number of imidazole rings is 1. The average Bonchev–Trinajstić information content (AvgIpc) is 3.64. The van der Waals surface area contributed by atoms with E-state index in [0.29, 0.717) is 5.82 Å². The van der Waals surface area contributed by atoms with Crippen LogP contribution in [0.4, 0.5) is 0 Å². The summed E-state index contributed by atoms with van der Waals surface area (Å²) in [5.74, 6) is 1.62. The van der Waals surface area contributed by atoms with Gasteiger partial charge in [0.15, 0.2) is 5.82 Å². The van der Waals surface area contributed by atoms with E-state index in [1.807, 2.05) is 36.4 Å². The number of benzene rings is 8. The van der Waals surface area contributed by atoms with Gasteiger partial charge in [-0.2, -0.15) is 0 Å². The zero-order valence-corrected chi connectivity index (χ0v) is 30.9. The number of rotatable bonds is 6.